The van der Waals surface area contributed by atoms with Gasteiger partial charge in [0.1, 0.15) is 4.83 Å². The Morgan fingerprint density at radius 2 is 2.07 bits per heavy atom. The largest absolute Gasteiger partial charge is 0.340 e. The Kier molecular flexibility index (Phi) is 6.52. The molecule has 0 aliphatic carbocycles. The third-order valence-corrected chi connectivity index (χ3v) is 8.08. The number of thioether (sulfide) groups is 1. The molecule has 5 nitrogen and oxygen atoms in total. The molecule has 0 spiro atoms. The predicted molar refractivity (Wildman–Crippen MR) is 129 cm³/mol. The van der Waals surface area contributed by atoms with E-state index < -0.39 is 0 Å². The summed E-state index contributed by atoms with van der Waals surface area (Å²) in [6, 6.07) is 7.97. The van der Waals surface area contributed by atoms with Crippen LogP contribution in [0.1, 0.15) is 4.88 Å². The highest BCUT2D eigenvalue weighted by Gasteiger charge is 2.19. The van der Waals surface area contributed by atoms with Crippen molar-refractivity contribution in [3.8, 4) is 10.4 Å². The zero-order valence-electron chi connectivity index (χ0n) is 16.2. The van der Waals surface area contributed by atoms with Crippen molar-refractivity contribution in [2.75, 3.05) is 12.8 Å². The van der Waals surface area contributed by atoms with E-state index in [9.17, 15) is 9.59 Å². The molecule has 154 valence electrons. The minimum atomic E-state index is -0.0913. The van der Waals surface area contributed by atoms with Gasteiger partial charge in [0.2, 0.25) is 5.91 Å². The number of hydrogen-bond donors (Lipinski definition) is 0. The van der Waals surface area contributed by atoms with Crippen LogP contribution in [0.4, 0.5) is 0 Å². The second-order valence-corrected chi connectivity index (χ2v) is 10.3. The Balaban J connectivity index is 1.60. The van der Waals surface area contributed by atoms with Crippen molar-refractivity contribution in [2.24, 2.45) is 0 Å². The van der Waals surface area contributed by atoms with Gasteiger partial charge in [-0.2, -0.15) is 0 Å². The van der Waals surface area contributed by atoms with Gasteiger partial charge in [-0.05, 0) is 22.9 Å². The summed E-state index contributed by atoms with van der Waals surface area (Å²) in [6.07, 6.45) is 1.68. The molecule has 0 N–H and O–H groups in total. The summed E-state index contributed by atoms with van der Waals surface area (Å²) in [4.78, 5) is 35.2. The number of fused-ring (bicyclic) bond motifs is 1. The second-order valence-electron chi connectivity index (χ2n) is 6.52. The average Bonchev–Trinajstić information content (AvgIpc) is 3.49. The van der Waals surface area contributed by atoms with E-state index in [4.69, 9.17) is 4.98 Å². The van der Waals surface area contributed by atoms with Gasteiger partial charge < -0.3 is 4.90 Å². The first-order chi connectivity index (χ1) is 14.6. The normalized spacial score (nSPS) is 11.1. The molecule has 1 amide bonds. The van der Waals surface area contributed by atoms with Crippen molar-refractivity contribution < 1.29 is 4.79 Å². The lowest BCUT2D eigenvalue weighted by atomic mass is 10.2. The lowest BCUT2D eigenvalue weighted by Crippen LogP contribution is -2.28. The van der Waals surface area contributed by atoms with Crippen molar-refractivity contribution in [1.29, 1.82) is 0 Å². The van der Waals surface area contributed by atoms with Crippen LogP contribution in [-0.2, 0) is 17.9 Å². The summed E-state index contributed by atoms with van der Waals surface area (Å²) >= 11 is 5.99. The van der Waals surface area contributed by atoms with E-state index in [0.717, 1.165) is 15.3 Å². The predicted octanol–water partition coefficient (Wildman–Crippen LogP) is 5.18. The van der Waals surface area contributed by atoms with Crippen LogP contribution in [0.2, 0.25) is 0 Å². The van der Waals surface area contributed by atoms with E-state index in [1.165, 1.54) is 23.1 Å². The smallest absolute Gasteiger partial charge is 0.263 e. The molecular weight excluding hydrogens is 455 g/mol. The zero-order chi connectivity index (χ0) is 21.1. The van der Waals surface area contributed by atoms with Crippen LogP contribution in [0.5, 0.6) is 0 Å². The molecule has 0 saturated heterocycles. The molecule has 0 aliphatic rings. The summed E-state index contributed by atoms with van der Waals surface area (Å²) in [5, 5.41) is 7.16. The van der Waals surface area contributed by atoms with Gasteiger partial charge in [0.05, 0.1) is 17.7 Å². The highest BCUT2D eigenvalue weighted by atomic mass is 32.2. The lowest BCUT2D eigenvalue weighted by molar-refractivity contribution is -0.127. The zero-order valence-corrected chi connectivity index (χ0v) is 19.5. The van der Waals surface area contributed by atoms with Gasteiger partial charge in [0.25, 0.3) is 5.56 Å². The number of amides is 1. The minimum absolute atomic E-state index is 0.00152. The number of allylic oxidation sites excluding steroid dienone is 1. The maximum atomic E-state index is 13.3. The Hall–Kier alpha value is -2.20. The van der Waals surface area contributed by atoms with Gasteiger partial charge in [-0.25, -0.2) is 4.98 Å². The topological polar surface area (TPSA) is 55.2 Å². The van der Waals surface area contributed by atoms with Crippen molar-refractivity contribution in [3.63, 3.8) is 0 Å². The molecular formula is C21H19N3O2S4. The molecule has 30 heavy (non-hydrogen) atoms. The minimum Gasteiger partial charge on any atom is -0.340 e. The molecule has 0 aromatic carbocycles. The summed E-state index contributed by atoms with van der Waals surface area (Å²) in [6.45, 7) is 4.71. The van der Waals surface area contributed by atoms with Crippen LogP contribution in [-0.4, -0.2) is 33.2 Å². The summed E-state index contributed by atoms with van der Waals surface area (Å²) in [7, 11) is 1.79. The number of thiophene rings is 3. The second kappa shape index (κ2) is 9.30. The summed E-state index contributed by atoms with van der Waals surface area (Å²) in [5.74, 6) is 0.221. The molecule has 9 heteroatoms. The Morgan fingerprint density at radius 1 is 1.27 bits per heavy atom. The number of nitrogens with zero attached hydrogens (tertiary/aromatic N) is 3. The van der Waals surface area contributed by atoms with Crippen LogP contribution in [0, 0.1) is 0 Å². The van der Waals surface area contributed by atoms with Gasteiger partial charge >= 0.3 is 0 Å². The van der Waals surface area contributed by atoms with Crippen LogP contribution in [0.25, 0.3) is 20.7 Å². The van der Waals surface area contributed by atoms with E-state index >= 15 is 0 Å². The molecule has 4 aromatic heterocycles. The third kappa shape index (κ3) is 4.29. The molecule has 4 rings (SSSR count). The van der Waals surface area contributed by atoms with E-state index in [1.54, 1.807) is 45.3 Å². The molecule has 4 heterocycles. The molecule has 0 atom stereocenters. The molecule has 0 bridgehead atoms. The summed E-state index contributed by atoms with van der Waals surface area (Å²) < 4.78 is 1.61. The fourth-order valence-corrected chi connectivity index (χ4v) is 6.49. The van der Waals surface area contributed by atoms with E-state index in [-0.39, 0.29) is 17.2 Å². The highest BCUT2D eigenvalue weighted by Crippen LogP contribution is 2.34. The van der Waals surface area contributed by atoms with E-state index in [0.29, 0.717) is 28.5 Å². The van der Waals surface area contributed by atoms with Gasteiger partial charge in [0, 0.05) is 34.3 Å². The maximum absolute atomic E-state index is 13.3. The van der Waals surface area contributed by atoms with Crippen molar-refractivity contribution in [2.45, 2.75) is 18.2 Å². The number of carbonyl (C=O) groups is 1. The van der Waals surface area contributed by atoms with Crippen LogP contribution >= 0.6 is 45.8 Å². The van der Waals surface area contributed by atoms with E-state index in [2.05, 4.69) is 6.58 Å². The highest BCUT2D eigenvalue weighted by molar-refractivity contribution is 7.99. The van der Waals surface area contributed by atoms with Gasteiger partial charge in [-0.1, -0.05) is 30.0 Å². The first-order valence-corrected chi connectivity index (χ1v) is 12.8. The molecule has 0 saturated carbocycles. The molecule has 0 aliphatic heterocycles. The fraction of sp³-hybridized carbons (Fsp3) is 0.190. The number of aromatic nitrogens is 2. The van der Waals surface area contributed by atoms with Crippen LogP contribution < -0.4 is 5.56 Å². The lowest BCUT2D eigenvalue weighted by Gasteiger charge is -2.16. The van der Waals surface area contributed by atoms with Crippen molar-refractivity contribution in [1.82, 2.24) is 14.5 Å². The Bertz CT molecular complexity index is 1220. The van der Waals surface area contributed by atoms with Gasteiger partial charge in [-0.15, -0.1) is 40.6 Å². The van der Waals surface area contributed by atoms with Gasteiger partial charge in [-0.3, -0.25) is 14.2 Å². The van der Waals surface area contributed by atoms with Crippen molar-refractivity contribution in [3.05, 3.63) is 68.3 Å². The van der Waals surface area contributed by atoms with Crippen LogP contribution in [0.15, 0.2) is 63.0 Å². The first-order valence-electron chi connectivity index (χ1n) is 9.14. The number of rotatable bonds is 8. The average molecular weight is 474 g/mol. The fourth-order valence-electron chi connectivity index (χ4n) is 2.98. The van der Waals surface area contributed by atoms with Gasteiger partial charge in [0.15, 0.2) is 5.16 Å². The van der Waals surface area contributed by atoms with Crippen molar-refractivity contribution >= 4 is 61.9 Å². The first kappa shape index (κ1) is 21.0. The number of hydrogen-bond acceptors (Lipinski definition) is 7. The monoisotopic (exact) mass is 473 g/mol. The molecule has 0 unspecified atom stereocenters. The van der Waals surface area contributed by atoms with E-state index in [1.807, 2.05) is 40.4 Å². The molecule has 0 fully saturated rings. The quantitative estimate of drug-likeness (QED) is 0.201. The SMILES string of the molecule is C=CCn1c(SCC(=O)N(C)Cc2cccs2)nc2scc(-c3cccs3)c2c1=O. The molecule has 4 aromatic rings. The molecule has 0 radical (unpaired) electrons. The standard InChI is InChI=1S/C21H19N3O2S4/c1-3-8-24-20(26)18-15(16-7-5-10-28-16)12-29-19(18)22-21(24)30-13-17(25)23(2)11-14-6-4-9-27-14/h3-7,9-10,12H,1,8,11,13H2,2H3. The Labute approximate surface area is 190 Å². The number of carbonyl (C=O) groups excluding carboxylic acids is 1. The Morgan fingerprint density at radius 3 is 2.77 bits per heavy atom. The summed E-state index contributed by atoms with van der Waals surface area (Å²) in [5.41, 5.74) is 0.829. The van der Waals surface area contributed by atoms with Crippen LogP contribution in [0.3, 0.4) is 0 Å². The maximum Gasteiger partial charge on any atom is 0.263 e. The third-order valence-electron chi connectivity index (χ3n) is 4.48.